The Labute approximate surface area is 181 Å². The molecule has 1 N–H and O–H groups in total. The Kier molecular flexibility index (Phi) is 6.56. The van der Waals surface area contributed by atoms with E-state index in [0.29, 0.717) is 30.2 Å². The van der Waals surface area contributed by atoms with Gasteiger partial charge in [-0.25, -0.2) is 17.8 Å². The van der Waals surface area contributed by atoms with Crippen molar-refractivity contribution in [1.29, 1.82) is 0 Å². The highest BCUT2D eigenvalue weighted by atomic mass is 32.2. The quantitative estimate of drug-likeness (QED) is 0.599. The number of imidazole rings is 1. The molecule has 3 aromatic rings. The summed E-state index contributed by atoms with van der Waals surface area (Å²) >= 11 is 0. The van der Waals surface area contributed by atoms with Crippen LogP contribution in [0.25, 0.3) is 5.69 Å². The molecule has 1 aromatic heterocycles. The molecule has 0 fully saturated rings. The van der Waals surface area contributed by atoms with E-state index in [-0.39, 0.29) is 16.1 Å². The summed E-state index contributed by atoms with van der Waals surface area (Å²) in [6.07, 6.45) is 3.22. The number of hydrogen-bond donors (Lipinski definition) is 1. The van der Waals surface area contributed by atoms with Crippen molar-refractivity contribution >= 4 is 21.6 Å². The molecule has 0 saturated carbocycles. The van der Waals surface area contributed by atoms with Crippen molar-refractivity contribution in [1.82, 2.24) is 13.9 Å². The van der Waals surface area contributed by atoms with Crippen LogP contribution in [0.15, 0.2) is 53.7 Å². The van der Waals surface area contributed by atoms with Gasteiger partial charge in [-0.1, -0.05) is 19.9 Å². The lowest BCUT2D eigenvalue weighted by atomic mass is 10.1. The first-order valence-corrected chi connectivity index (χ1v) is 11.3. The van der Waals surface area contributed by atoms with Crippen LogP contribution < -0.4 is 5.32 Å². The van der Waals surface area contributed by atoms with Crippen LogP contribution in [-0.2, 0) is 10.0 Å². The highest BCUT2D eigenvalue weighted by Gasteiger charge is 2.24. The van der Waals surface area contributed by atoms with Crippen LogP contribution in [0.3, 0.4) is 0 Å². The standard InChI is InChI=1S/C22H25FN4O3S/c1-5-26(6-2)31(29,30)21-13-17(8-7-15(21)3)22(28)25-18-9-10-20(19(23)14-18)27-12-11-24-16(27)4/h7-14H,5-6H2,1-4H3,(H,25,28). The largest absolute Gasteiger partial charge is 0.322 e. The van der Waals surface area contributed by atoms with E-state index < -0.39 is 21.7 Å². The maximum Gasteiger partial charge on any atom is 0.255 e. The number of amides is 1. The van der Waals surface area contributed by atoms with Crippen molar-refractivity contribution in [3.8, 4) is 5.69 Å². The third kappa shape index (κ3) is 4.52. The van der Waals surface area contributed by atoms with Crippen LogP contribution >= 0.6 is 0 Å². The van der Waals surface area contributed by atoms with Crippen molar-refractivity contribution in [2.45, 2.75) is 32.6 Å². The van der Waals surface area contributed by atoms with Gasteiger partial charge >= 0.3 is 0 Å². The minimum atomic E-state index is -3.72. The summed E-state index contributed by atoms with van der Waals surface area (Å²) in [5.74, 6) is -0.410. The van der Waals surface area contributed by atoms with E-state index in [1.54, 1.807) is 68.9 Å². The molecule has 0 bridgehead atoms. The fourth-order valence-electron chi connectivity index (χ4n) is 3.34. The van der Waals surface area contributed by atoms with Crippen molar-refractivity contribution < 1.29 is 17.6 Å². The first kappa shape index (κ1) is 22.6. The number of aryl methyl sites for hydroxylation is 2. The molecule has 9 heteroatoms. The van der Waals surface area contributed by atoms with Crippen LogP contribution in [-0.4, -0.2) is 41.3 Å². The third-order valence-electron chi connectivity index (χ3n) is 5.06. The summed E-state index contributed by atoms with van der Waals surface area (Å²) in [6.45, 7) is 7.63. The molecular formula is C22H25FN4O3S. The Balaban J connectivity index is 1.88. The van der Waals surface area contributed by atoms with Crippen molar-refractivity contribution in [2.75, 3.05) is 18.4 Å². The molecule has 0 saturated heterocycles. The average molecular weight is 445 g/mol. The number of hydrogen-bond acceptors (Lipinski definition) is 4. The molecule has 0 aliphatic heterocycles. The number of anilines is 1. The maximum absolute atomic E-state index is 14.6. The first-order valence-electron chi connectivity index (χ1n) is 9.91. The Morgan fingerprint density at radius 3 is 2.42 bits per heavy atom. The van der Waals surface area contributed by atoms with Gasteiger partial charge in [0.1, 0.15) is 11.6 Å². The minimum Gasteiger partial charge on any atom is -0.322 e. The third-order valence-corrected chi connectivity index (χ3v) is 7.26. The van der Waals surface area contributed by atoms with Gasteiger partial charge in [0.05, 0.1) is 10.6 Å². The molecule has 164 valence electrons. The predicted octanol–water partition coefficient (Wildman–Crippen LogP) is 3.91. The molecule has 0 aliphatic carbocycles. The monoisotopic (exact) mass is 444 g/mol. The van der Waals surface area contributed by atoms with Gasteiger partial charge in [-0.05, 0) is 49.7 Å². The lowest BCUT2D eigenvalue weighted by molar-refractivity contribution is 0.102. The predicted molar refractivity (Wildman–Crippen MR) is 117 cm³/mol. The minimum absolute atomic E-state index is 0.0842. The normalized spacial score (nSPS) is 11.7. The highest BCUT2D eigenvalue weighted by Crippen LogP contribution is 2.23. The lowest BCUT2D eigenvalue weighted by Gasteiger charge is -2.20. The number of aromatic nitrogens is 2. The smallest absolute Gasteiger partial charge is 0.255 e. The van der Waals surface area contributed by atoms with Crippen molar-refractivity contribution in [2.24, 2.45) is 0 Å². The second-order valence-corrected chi connectivity index (χ2v) is 8.94. The van der Waals surface area contributed by atoms with Gasteiger partial charge in [0, 0.05) is 36.7 Å². The first-order chi connectivity index (χ1) is 14.7. The molecule has 7 nitrogen and oxygen atoms in total. The van der Waals surface area contributed by atoms with E-state index in [9.17, 15) is 17.6 Å². The zero-order chi connectivity index (χ0) is 22.8. The summed E-state index contributed by atoms with van der Waals surface area (Å²) in [4.78, 5) is 16.9. The van der Waals surface area contributed by atoms with Gasteiger partial charge in [-0.3, -0.25) is 4.79 Å². The van der Waals surface area contributed by atoms with E-state index in [2.05, 4.69) is 10.3 Å². The van der Waals surface area contributed by atoms with Gasteiger partial charge in [0.25, 0.3) is 5.91 Å². The molecular weight excluding hydrogens is 419 g/mol. The summed E-state index contributed by atoms with van der Waals surface area (Å²) in [6, 6.07) is 8.84. The number of rotatable bonds is 7. The molecule has 0 spiro atoms. The van der Waals surface area contributed by atoms with Gasteiger partial charge in [0.2, 0.25) is 10.0 Å². The summed E-state index contributed by atoms with van der Waals surface area (Å²) in [7, 11) is -3.72. The van der Waals surface area contributed by atoms with Crippen LogP contribution in [0, 0.1) is 19.7 Å². The van der Waals surface area contributed by atoms with Crippen LogP contribution in [0.1, 0.15) is 35.6 Å². The van der Waals surface area contributed by atoms with E-state index in [4.69, 9.17) is 0 Å². The zero-order valence-corrected chi connectivity index (χ0v) is 18.7. The molecule has 1 amide bonds. The zero-order valence-electron chi connectivity index (χ0n) is 17.9. The molecule has 1 heterocycles. The number of nitrogens with zero attached hydrogens (tertiary/aromatic N) is 3. The Morgan fingerprint density at radius 1 is 1.13 bits per heavy atom. The Bertz CT molecular complexity index is 1220. The lowest BCUT2D eigenvalue weighted by Crippen LogP contribution is -2.31. The maximum atomic E-state index is 14.6. The Morgan fingerprint density at radius 2 is 1.84 bits per heavy atom. The molecule has 3 rings (SSSR count). The van der Waals surface area contributed by atoms with E-state index in [1.165, 1.54) is 16.4 Å². The van der Waals surface area contributed by atoms with Gasteiger partial charge in [0.15, 0.2) is 0 Å². The summed E-state index contributed by atoms with van der Waals surface area (Å²) in [5, 5.41) is 2.63. The molecule has 0 unspecified atom stereocenters. The molecule has 0 atom stereocenters. The van der Waals surface area contributed by atoms with Crippen LogP contribution in [0.5, 0.6) is 0 Å². The summed E-state index contributed by atoms with van der Waals surface area (Å²) < 4.78 is 43.4. The average Bonchev–Trinajstić information content (AvgIpc) is 3.14. The number of nitrogens with one attached hydrogen (secondary N) is 1. The highest BCUT2D eigenvalue weighted by molar-refractivity contribution is 7.89. The number of carbonyl (C=O) groups excluding carboxylic acids is 1. The fraction of sp³-hybridized carbons (Fsp3) is 0.273. The Hall–Kier alpha value is -3.04. The summed E-state index contributed by atoms with van der Waals surface area (Å²) in [5.41, 5.74) is 1.30. The van der Waals surface area contributed by atoms with Crippen molar-refractivity contribution in [3.63, 3.8) is 0 Å². The molecule has 0 radical (unpaired) electrons. The molecule has 31 heavy (non-hydrogen) atoms. The van der Waals surface area contributed by atoms with Crippen LogP contribution in [0.2, 0.25) is 0 Å². The van der Waals surface area contributed by atoms with Crippen molar-refractivity contribution in [3.05, 3.63) is 71.6 Å². The van der Waals surface area contributed by atoms with Gasteiger partial charge in [-0.2, -0.15) is 4.31 Å². The van der Waals surface area contributed by atoms with Crippen LogP contribution in [0.4, 0.5) is 10.1 Å². The van der Waals surface area contributed by atoms with Gasteiger partial charge < -0.3 is 9.88 Å². The molecule has 2 aromatic carbocycles. The van der Waals surface area contributed by atoms with E-state index in [1.807, 2.05) is 0 Å². The second-order valence-electron chi connectivity index (χ2n) is 7.03. The number of carbonyl (C=O) groups is 1. The van der Waals surface area contributed by atoms with Gasteiger partial charge in [-0.15, -0.1) is 0 Å². The fourth-order valence-corrected chi connectivity index (χ4v) is 5.05. The molecule has 0 aliphatic rings. The number of halogens is 1. The second kappa shape index (κ2) is 8.99. The topological polar surface area (TPSA) is 84.3 Å². The number of benzene rings is 2. The van der Waals surface area contributed by atoms with E-state index >= 15 is 0 Å². The SMILES string of the molecule is CCN(CC)S(=O)(=O)c1cc(C(=O)Nc2ccc(-n3ccnc3C)c(F)c2)ccc1C. The number of sulfonamides is 1. The van der Waals surface area contributed by atoms with E-state index in [0.717, 1.165) is 0 Å².